The molecule has 5 nitrogen and oxygen atoms in total. The van der Waals surface area contributed by atoms with Gasteiger partial charge < -0.3 is 5.32 Å². The predicted octanol–water partition coefficient (Wildman–Crippen LogP) is 3.40. The fraction of sp³-hybridized carbons (Fsp3) is 0.316. The van der Waals surface area contributed by atoms with Gasteiger partial charge in [0.25, 0.3) is 0 Å². The lowest BCUT2D eigenvalue weighted by atomic mass is 10.1. The molecule has 0 heterocycles. The summed E-state index contributed by atoms with van der Waals surface area (Å²) in [6.45, 7) is 3.85. The number of benzene rings is 2. The maximum Gasteiger partial charge on any atom is 0.239 e. The van der Waals surface area contributed by atoms with Crippen molar-refractivity contribution in [1.29, 1.82) is 0 Å². The highest BCUT2D eigenvalue weighted by molar-refractivity contribution is 7.88. The maximum absolute atomic E-state index is 12.4. The van der Waals surface area contributed by atoms with Crippen LogP contribution in [0.15, 0.2) is 42.5 Å². The van der Waals surface area contributed by atoms with E-state index in [1.54, 1.807) is 18.2 Å². The molecule has 0 aliphatic rings. The monoisotopic (exact) mass is 394 g/mol. The standard InChI is InChI=1S/C19H23ClN2O3S/c1-14-6-4-9-18(15(14)2)21-19(23)13-22(26(3,24)25)11-10-16-7-5-8-17(20)12-16/h4-9,12H,10-11,13H2,1-3H3,(H,21,23). The zero-order valence-electron chi connectivity index (χ0n) is 15.1. The Bertz CT molecular complexity index is 897. The minimum Gasteiger partial charge on any atom is -0.325 e. The third-order valence-electron chi connectivity index (χ3n) is 4.21. The molecule has 0 unspecified atom stereocenters. The Morgan fingerprint density at radius 2 is 1.85 bits per heavy atom. The summed E-state index contributed by atoms with van der Waals surface area (Å²) in [5.41, 5.74) is 3.63. The minimum atomic E-state index is -3.51. The first kappa shape index (κ1) is 20.4. The van der Waals surface area contributed by atoms with E-state index in [0.29, 0.717) is 17.1 Å². The van der Waals surface area contributed by atoms with E-state index in [4.69, 9.17) is 11.6 Å². The van der Waals surface area contributed by atoms with Gasteiger partial charge >= 0.3 is 0 Å². The molecule has 1 N–H and O–H groups in total. The number of hydrogen-bond donors (Lipinski definition) is 1. The van der Waals surface area contributed by atoms with E-state index in [0.717, 1.165) is 22.9 Å². The van der Waals surface area contributed by atoms with Crippen LogP contribution >= 0.6 is 11.6 Å². The van der Waals surface area contributed by atoms with Crippen LogP contribution in [0.1, 0.15) is 16.7 Å². The maximum atomic E-state index is 12.4. The van der Waals surface area contributed by atoms with Crippen molar-refractivity contribution in [2.45, 2.75) is 20.3 Å². The highest BCUT2D eigenvalue weighted by Gasteiger charge is 2.20. The number of anilines is 1. The van der Waals surface area contributed by atoms with E-state index in [-0.39, 0.29) is 19.0 Å². The number of nitrogens with one attached hydrogen (secondary N) is 1. The molecule has 0 atom stereocenters. The van der Waals surface area contributed by atoms with Gasteiger partial charge in [-0.1, -0.05) is 35.9 Å². The van der Waals surface area contributed by atoms with Crippen molar-refractivity contribution in [2.75, 3.05) is 24.7 Å². The average molecular weight is 395 g/mol. The number of carbonyl (C=O) groups excluding carboxylic acids is 1. The Hall–Kier alpha value is -1.89. The number of halogens is 1. The Labute approximate surface area is 160 Å². The van der Waals surface area contributed by atoms with Gasteiger partial charge in [0, 0.05) is 17.3 Å². The molecule has 1 amide bonds. The van der Waals surface area contributed by atoms with Gasteiger partial charge in [-0.15, -0.1) is 0 Å². The van der Waals surface area contributed by atoms with Crippen LogP contribution in [0.5, 0.6) is 0 Å². The Balaban J connectivity index is 2.05. The molecule has 2 aromatic carbocycles. The largest absolute Gasteiger partial charge is 0.325 e. The lowest BCUT2D eigenvalue weighted by molar-refractivity contribution is -0.116. The van der Waals surface area contributed by atoms with E-state index in [2.05, 4.69) is 5.32 Å². The molecule has 2 aromatic rings. The third kappa shape index (κ3) is 5.83. The molecule has 140 valence electrons. The highest BCUT2D eigenvalue weighted by atomic mass is 35.5. The Kier molecular flexibility index (Phi) is 6.81. The van der Waals surface area contributed by atoms with Crippen molar-refractivity contribution < 1.29 is 13.2 Å². The summed E-state index contributed by atoms with van der Waals surface area (Å²) >= 11 is 5.96. The van der Waals surface area contributed by atoms with Crippen molar-refractivity contribution in [3.63, 3.8) is 0 Å². The SMILES string of the molecule is Cc1cccc(NC(=O)CN(CCc2cccc(Cl)c2)S(C)(=O)=O)c1C. The van der Waals surface area contributed by atoms with Crippen LogP contribution in [-0.2, 0) is 21.2 Å². The van der Waals surface area contributed by atoms with E-state index >= 15 is 0 Å². The van der Waals surface area contributed by atoms with E-state index in [1.165, 1.54) is 4.31 Å². The second kappa shape index (κ2) is 8.66. The lowest BCUT2D eigenvalue weighted by Gasteiger charge is -2.20. The number of nitrogens with zero attached hydrogens (tertiary/aromatic N) is 1. The second-order valence-corrected chi connectivity index (χ2v) is 8.69. The van der Waals surface area contributed by atoms with Gasteiger partial charge in [0.15, 0.2) is 0 Å². The quantitative estimate of drug-likeness (QED) is 0.782. The van der Waals surface area contributed by atoms with Gasteiger partial charge in [-0.25, -0.2) is 8.42 Å². The zero-order valence-corrected chi connectivity index (χ0v) is 16.7. The number of aryl methyl sites for hydroxylation is 1. The molecule has 0 bridgehead atoms. The molecule has 0 aliphatic carbocycles. The Morgan fingerprint density at radius 1 is 1.15 bits per heavy atom. The van der Waals surface area contributed by atoms with Crippen molar-refractivity contribution in [2.24, 2.45) is 0 Å². The summed E-state index contributed by atoms with van der Waals surface area (Å²) in [7, 11) is -3.51. The number of sulfonamides is 1. The van der Waals surface area contributed by atoms with Gasteiger partial charge in [-0.3, -0.25) is 4.79 Å². The van der Waals surface area contributed by atoms with Crippen molar-refractivity contribution in [3.8, 4) is 0 Å². The fourth-order valence-electron chi connectivity index (χ4n) is 2.54. The average Bonchev–Trinajstić information content (AvgIpc) is 2.55. The number of carbonyl (C=O) groups is 1. The van der Waals surface area contributed by atoms with E-state index in [1.807, 2.05) is 38.1 Å². The molecular weight excluding hydrogens is 372 g/mol. The highest BCUT2D eigenvalue weighted by Crippen LogP contribution is 2.18. The van der Waals surface area contributed by atoms with Crippen molar-refractivity contribution in [1.82, 2.24) is 4.31 Å². The molecule has 0 spiro atoms. The van der Waals surface area contributed by atoms with Crippen molar-refractivity contribution >= 4 is 33.2 Å². The van der Waals surface area contributed by atoms with Crippen LogP contribution in [0.4, 0.5) is 5.69 Å². The van der Waals surface area contributed by atoms with Crippen LogP contribution < -0.4 is 5.32 Å². The van der Waals surface area contributed by atoms with Gasteiger partial charge in [0.05, 0.1) is 12.8 Å². The molecule has 0 aliphatic heterocycles. The van der Waals surface area contributed by atoms with Crippen LogP contribution in [0.3, 0.4) is 0 Å². The fourth-order valence-corrected chi connectivity index (χ4v) is 3.53. The van der Waals surface area contributed by atoms with Crippen LogP contribution in [0, 0.1) is 13.8 Å². The summed E-state index contributed by atoms with van der Waals surface area (Å²) < 4.78 is 25.3. The first-order valence-electron chi connectivity index (χ1n) is 8.22. The molecule has 7 heteroatoms. The third-order valence-corrected chi connectivity index (χ3v) is 5.69. The second-order valence-electron chi connectivity index (χ2n) is 6.27. The Morgan fingerprint density at radius 3 is 2.50 bits per heavy atom. The summed E-state index contributed by atoms with van der Waals surface area (Å²) in [5, 5.41) is 3.39. The predicted molar refractivity (Wildman–Crippen MR) is 106 cm³/mol. The molecule has 2 rings (SSSR count). The van der Waals surface area contributed by atoms with Gasteiger partial charge in [0.1, 0.15) is 0 Å². The zero-order chi connectivity index (χ0) is 19.3. The number of rotatable bonds is 7. The molecule has 26 heavy (non-hydrogen) atoms. The molecule has 0 fully saturated rings. The minimum absolute atomic E-state index is 0.208. The smallest absolute Gasteiger partial charge is 0.239 e. The molecule has 0 radical (unpaired) electrons. The van der Waals surface area contributed by atoms with Gasteiger partial charge in [0.2, 0.25) is 15.9 Å². The number of amides is 1. The van der Waals surface area contributed by atoms with Gasteiger partial charge in [-0.2, -0.15) is 4.31 Å². The lowest BCUT2D eigenvalue weighted by Crippen LogP contribution is -2.38. The topological polar surface area (TPSA) is 66.5 Å². The number of hydrogen-bond acceptors (Lipinski definition) is 3. The first-order chi connectivity index (χ1) is 12.2. The van der Waals surface area contributed by atoms with Crippen LogP contribution in [0.2, 0.25) is 5.02 Å². The molecule has 0 saturated carbocycles. The van der Waals surface area contributed by atoms with Crippen LogP contribution in [-0.4, -0.2) is 38.0 Å². The molecular formula is C19H23ClN2O3S. The summed E-state index contributed by atoms with van der Waals surface area (Å²) in [4.78, 5) is 12.4. The van der Waals surface area contributed by atoms with Crippen molar-refractivity contribution in [3.05, 3.63) is 64.2 Å². The summed E-state index contributed by atoms with van der Waals surface area (Å²) in [5.74, 6) is -0.366. The van der Waals surface area contributed by atoms with E-state index < -0.39 is 10.0 Å². The summed E-state index contributed by atoms with van der Waals surface area (Å²) in [6.07, 6.45) is 1.58. The first-order valence-corrected chi connectivity index (χ1v) is 10.4. The molecule has 0 aromatic heterocycles. The van der Waals surface area contributed by atoms with Gasteiger partial charge in [-0.05, 0) is 55.2 Å². The summed E-state index contributed by atoms with van der Waals surface area (Å²) in [6, 6.07) is 12.9. The molecule has 0 saturated heterocycles. The van der Waals surface area contributed by atoms with Crippen LogP contribution in [0.25, 0.3) is 0 Å². The normalized spacial score (nSPS) is 11.6. The van der Waals surface area contributed by atoms with E-state index in [9.17, 15) is 13.2 Å².